The Hall–Kier alpha value is -3.94. The number of benzene rings is 1. The maximum atomic E-state index is 12.8. The third kappa shape index (κ3) is 4.85. The Morgan fingerprint density at radius 1 is 1.16 bits per heavy atom. The van der Waals surface area contributed by atoms with Crippen LogP contribution in [0.4, 0.5) is 5.82 Å². The van der Waals surface area contributed by atoms with Gasteiger partial charge in [0.15, 0.2) is 12.4 Å². The summed E-state index contributed by atoms with van der Waals surface area (Å²) < 4.78 is 11.3. The molecule has 0 unspecified atom stereocenters. The number of rotatable bonds is 6. The van der Waals surface area contributed by atoms with E-state index in [0.717, 1.165) is 17.5 Å². The second-order valence-electron chi connectivity index (χ2n) is 7.58. The number of hydrazone groups is 1. The van der Waals surface area contributed by atoms with Crippen molar-refractivity contribution in [2.75, 3.05) is 11.9 Å². The third-order valence-electron chi connectivity index (χ3n) is 5.12. The van der Waals surface area contributed by atoms with Crippen molar-refractivity contribution in [3.05, 3.63) is 76.9 Å². The lowest BCUT2D eigenvalue weighted by Gasteiger charge is -2.13. The molecule has 1 aromatic carbocycles. The Morgan fingerprint density at radius 2 is 1.97 bits per heavy atom. The first kappa shape index (κ1) is 21.3. The molecule has 0 atom stereocenters. The maximum Gasteiger partial charge on any atom is 0.292 e. The van der Waals surface area contributed by atoms with Gasteiger partial charge in [0.25, 0.3) is 11.8 Å². The lowest BCUT2D eigenvalue weighted by atomic mass is 9.93. The van der Waals surface area contributed by atoms with E-state index < -0.39 is 0 Å². The quantitative estimate of drug-likeness (QED) is 0.577. The van der Waals surface area contributed by atoms with E-state index in [2.05, 4.69) is 20.8 Å². The number of aryl methyl sites for hydroxylation is 2. The SMILES string of the molecule is Cc1ccnc(NC(=O)c2oc3c(c2C)/C(=N/NC(=O)COc2ccccc2)CCC3)c1. The molecule has 32 heavy (non-hydrogen) atoms. The first-order valence-electron chi connectivity index (χ1n) is 10.4. The van der Waals surface area contributed by atoms with Crippen molar-refractivity contribution in [1.82, 2.24) is 10.4 Å². The van der Waals surface area contributed by atoms with E-state index in [-0.39, 0.29) is 24.2 Å². The van der Waals surface area contributed by atoms with E-state index in [1.807, 2.05) is 38.1 Å². The Balaban J connectivity index is 1.46. The monoisotopic (exact) mass is 432 g/mol. The maximum absolute atomic E-state index is 12.8. The minimum Gasteiger partial charge on any atom is -0.484 e. The molecule has 0 saturated carbocycles. The number of nitrogens with one attached hydrogen (secondary N) is 2. The van der Waals surface area contributed by atoms with Crippen molar-refractivity contribution in [1.29, 1.82) is 0 Å². The average Bonchev–Trinajstić information content (AvgIpc) is 3.14. The van der Waals surface area contributed by atoms with E-state index in [4.69, 9.17) is 9.15 Å². The third-order valence-corrected chi connectivity index (χ3v) is 5.12. The fourth-order valence-electron chi connectivity index (χ4n) is 3.60. The van der Waals surface area contributed by atoms with Crippen molar-refractivity contribution in [2.45, 2.75) is 33.1 Å². The number of para-hydroxylation sites is 1. The highest BCUT2D eigenvalue weighted by atomic mass is 16.5. The zero-order valence-electron chi connectivity index (χ0n) is 18.0. The summed E-state index contributed by atoms with van der Waals surface area (Å²) in [4.78, 5) is 29.1. The van der Waals surface area contributed by atoms with Gasteiger partial charge in [-0.05, 0) is 56.5 Å². The van der Waals surface area contributed by atoms with Crippen molar-refractivity contribution in [3.8, 4) is 5.75 Å². The van der Waals surface area contributed by atoms with Crippen LogP contribution in [-0.4, -0.2) is 29.1 Å². The van der Waals surface area contributed by atoms with E-state index in [9.17, 15) is 9.59 Å². The smallest absolute Gasteiger partial charge is 0.292 e. The van der Waals surface area contributed by atoms with Gasteiger partial charge in [0.05, 0.1) is 5.71 Å². The number of hydrogen-bond donors (Lipinski definition) is 2. The first-order valence-corrected chi connectivity index (χ1v) is 10.4. The van der Waals surface area contributed by atoms with Gasteiger partial charge in [0.1, 0.15) is 17.3 Å². The molecule has 2 N–H and O–H groups in total. The van der Waals surface area contributed by atoms with E-state index in [1.165, 1.54) is 0 Å². The van der Waals surface area contributed by atoms with Crippen LogP contribution in [0.25, 0.3) is 0 Å². The molecule has 0 spiro atoms. The number of nitrogens with zero attached hydrogens (tertiary/aromatic N) is 2. The summed E-state index contributed by atoms with van der Waals surface area (Å²) in [5.41, 5.74) is 5.70. The minimum atomic E-state index is -0.366. The lowest BCUT2D eigenvalue weighted by Crippen LogP contribution is -2.27. The fourth-order valence-corrected chi connectivity index (χ4v) is 3.60. The summed E-state index contributed by atoms with van der Waals surface area (Å²) in [7, 11) is 0. The fraction of sp³-hybridized carbons (Fsp3) is 0.250. The molecule has 1 aliphatic rings. The van der Waals surface area contributed by atoms with Crippen LogP contribution in [0.15, 0.2) is 58.2 Å². The van der Waals surface area contributed by atoms with E-state index >= 15 is 0 Å². The molecule has 8 heteroatoms. The van der Waals surface area contributed by atoms with Crippen molar-refractivity contribution >= 4 is 23.3 Å². The van der Waals surface area contributed by atoms with Crippen LogP contribution < -0.4 is 15.5 Å². The zero-order valence-corrected chi connectivity index (χ0v) is 18.0. The molecule has 0 saturated heterocycles. The summed E-state index contributed by atoms with van der Waals surface area (Å²) >= 11 is 0. The molecule has 0 radical (unpaired) electrons. The van der Waals surface area contributed by atoms with Gasteiger partial charge in [-0.15, -0.1) is 0 Å². The number of carbonyl (C=O) groups excluding carboxylic acids is 2. The van der Waals surface area contributed by atoms with Gasteiger partial charge in [-0.1, -0.05) is 18.2 Å². The number of aromatic nitrogens is 1. The van der Waals surface area contributed by atoms with E-state index in [1.54, 1.807) is 24.4 Å². The highest BCUT2D eigenvalue weighted by molar-refractivity contribution is 6.09. The van der Waals surface area contributed by atoms with Crippen LogP contribution in [0.1, 0.15) is 45.8 Å². The lowest BCUT2D eigenvalue weighted by molar-refractivity contribution is -0.123. The number of anilines is 1. The Labute approximate surface area is 185 Å². The standard InChI is InChI=1S/C24H24N4O4/c1-15-11-12-25-20(13-15)26-24(30)23-16(2)22-18(9-6-10-19(22)32-23)27-28-21(29)14-31-17-7-4-3-5-8-17/h3-5,7-8,11-13H,6,9-10,14H2,1-2H3,(H,28,29)(H,25,26,30)/b27-18+. The largest absolute Gasteiger partial charge is 0.484 e. The summed E-state index contributed by atoms with van der Waals surface area (Å²) in [5, 5.41) is 7.08. The van der Waals surface area contributed by atoms with Gasteiger partial charge in [0, 0.05) is 23.7 Å². The van der Waals surface area contributed by atoms with Crippen LogP contribution in [0.3, 0.4) is 0 Å². The Kier molecular flexibility index (Phi) is 6.30. The van der Waals surface area contributed by atoms with Gasteiger partial charge >= 0.3 is 0 Å². The van der Waals surface area contributed by atoms with Crippen molar-refractivity contribution in [3.63, 3.8) is 0 Å². The molecule has 3 aromatic rings. The summed E-state index contributed by atoms with van der Waals surface area (Å²) in [5.74, 6) is 1.27. The molecular weight excluding hydrogens is 408 g/mol. The Bertz CT molecular complexity index is 1170. The van der Waals surface area contributed by atoms with Crippen LogP contribution in [0.2, 0.25) is 0 Å². The molecular formula is C24H24N4O4. The predicted octanol–water partition coefficient (Wildman–Crippen LogP) is 3.78. The summed E-state index contributed by atoms with van der Waals surface area (Å²) in [6.07, 6.45) is 3.83. The second-order valence-corrected chi connectivity index (χ2v) is 7.58. The van der Waals surface area contributed by atoms with Gasteiger partial charge in [-0.3, -0.25) is 9.59 Å². The predicted molar refractivity (Wildman–Crippen MR) is 120 cm³/mol. The molecule has 4 rings (SSSR count). The number of hydrogen-bond acceptors (Lipinski definition) is 6. The molecule has 2 amide bonds. The van der Waals surface area contributed by atoms with Crippen molar-refractivity contribution < 1.29 is 18.7 Å². The highest BCUT2D eigenvalue weighted by Crippen LogP contribution is 2.30. The molecule has 0 fully saturated rings. The molecule has 164 valence electrons. The number of ether oxygens (including phenoxy) is 1. The average molecular weight is 432 g/mol. The Morgan fingerprint density at radius 3 is 2.75 bits per heavy atom. The first-order chi connectivity index (χ1) is 15.5. The van der Waals surface area contributed by atoms with Gasteiger partial charge in [-0.2, -0.15) is 5.10 Å². The number of fused-ring (bicyclic) bond motifs is 1. The number of pyridine rings is 1. The molecule has 0 bridgehead atoms. The topological polar surface area (TPSA) is 106 Å². The zero-order chi connectivity index (χ0) is 22.5. The van der Waals surface area contributed by atoms with Crippen LogP contribution in [0, 0.1) is 13.8 Å². The molecule has 2 heterocycles. The highest BCUT2D eigenvalue weighted by Gasteiger charge is 2.28. The number of carbonyl (C=O) groups is 2. The summed E-state index contributed by atoms with van der Waals surface area (Å²) in [6, 6.07) is 12.7. The van der Waals surface area contributed by atoms with Gasteiger partial charge < -0.3 is 14.5 Å². The van der Waals surface area contributed by atoms with Crippen LogP contribution in [-0.2, 0) is 11.2 Å². The van der Waals surface area contributed by atoms with Gasteiger partial charge in [-0.25, -0.2) is 10.4 Å². The molecule has 0 aliphatic heterocycles. The molecule has 8 nitrogen and oxygen atoms in total. The number of amides is 2. The molecule has 2 aromatic heterocycles. The summed E-state index contributed by atoms with van der Waals surface area (Å²) in [6.45, 7) is 3.60. The van der Waals surface area contributed by atoms with Crippen LogP contribution >= 0.6 is 0 Å². The minimum absolute atomic E-state index is 0.144. The normalized spacial score (nSPS) is 14.0. The van der Waals surface area contributed by atoms with Crippen LogP contribution in [0.5, 0.6) is 5.75 Å². The number of furan rings is 1. The molecule has 1 aliphatic carbocycles. The second kappa shape index (κ2) is 9.47. The van der Waals surface area contributed by atoms with Gasteiger partial charge in [0.2, 0.25) is 0 Å². The van der Waals surface area contributed by atoms with E-state index in [0.29, 0.717) is 41.4 Å². The van der Waals surface area contributed by atoms with Crippen molar-refractivity contribution in [2.24, 2.45) is 5.10 Å².